The Morgan fingerprint density at radius 1 is 1.79 bits per heavy atom. The normalized spacial score (nSPS) is 14.8. The summed E-state index contributed by atoms with van der Waals surface area (Å²) in [6.07, 6.45) is 2.39. The molecule has 0 aliphatic carbocycles. The summed E-state index contributed by atoms with van der Waals surface area (Å²) in [5, 5.41) is 6.91. The third-order valence-electron chi connectivity index (χ3n) is 2.17. The van der Waals surface area contributed by atoms with E-state index < -0.39 is 6.04 Å². The molecule has 0 aliphatic rings. The van der Waals surface area contributed by atoms with Crippen LogP contribution in [0, 0.1) is 5.92 Å². The number of anilines is 1. The predicted octanol–water partition coefficient (Wildman–Crippen LogP) is 0.850. The van der Waals surface area contributed by atoms with Crippen LogP contribution in [0.1, 0.15) is 20.3 Å². The van der Waals surface area contributed by atoms with Crippen molar-refractivity contribution in [1.29, 1.82) is 0 Å². The molecule has 0 radical (unpaired) electrons. The smallest absolute Gasteiger partial charge is 0.242 e. The highest BCUT2D eigenvalue weighted by Gasteiger charge is 2.19. The summed E-state index contributed by atoms with van der Waals surface area (Å²) in [5.41, 5.74) is 5.74. The van der Waals surface area contributed by atoms with E-state index in [-0.39, 0.29) is 11.8 Å². The minimum absolute atomic E-state index is 0.176. The number of carbonyl (C=O) groups excluding carboxylic acids is 1. The minimum atomic E-state index is -0.470. The Bertz CT molecular complexity index is 288. The molecule has 0 aromatic carbocycles. The van der Waals surface area contributed by atoms with Gasteiger partial charge in [-0.1, -0.05) is 24.8 Å². The third kappa shape index (κ3) is 2.74. The lowest BCUT2D eigenvalue weighted by molar-refractivity contribution is -0.118. The van der Waals surface area contributed by atoms with Crippen molar-refractivity contribution in [2.24, 2.45) is 11.7 Å². The van der Waals surface area contributed by atoms with Crippen LogP contribution < -0.4 is 11.1 Å². The Morgan fingerprint density at radius 3 is 3.00 bits per heavy atom. The lowest BCUT2D eigenvalue weighted by atomic mass is 10.00. The quantitative estimate of drug-likeness (QED) is 0.778. The molecule has 0 aliphatic heterocycles. The van der Waals surface area contributed by atoms with E-state index in [2.05, 4.69) is 14.9 Å². The Morgan fingerprint density at radius 2 is 2.50 bits per heavy atom. The highest BCUT2D eigenvalue weighted by Crippen LogP contribution is 2.12. The van der Waals surface area contributed by atoms with Crippen LogP contribution in [-0.2, 0) is 4.79 Å². The fourth-order valence-electron chi connectivity index (χ4n) is 0.939. The van der Waals surface area contributed by atoms with E-state index in [1.807, 2.05) is 13.8 Å². The van der Waals surface area contributed by atoms with E-state index in [1.54, 1.807) is 0 Å². The number of aromatic nitrogens is 2. The lowest BCUT2D eigenvalue weighted by Gasteiger charge is -2.16. The second-order valence-corrected chi connectivity index (χ2v) is 3.97. The van der Waals surface area contributed by atoms with Crippen molar-refractivity contribution in [1.82, 2.24) is 9.59 Å². The number of rotatable bonds is 4. The molecule has 0 saturated heterocycles. The molecule has 78 valence electrons. The zero-order valence-electron chi connectivity index (χ0n) is 8.23. The molecule has 3 N–H and O–H groups in total. The van der Waals surface area contributed by atoms with E-state index >= 15 is 0 Å². The fourth-order valence-corrected chi connectivity index (χ4v) is 1.36. The molecule has 1 amide bonds. The molecular formula is C8H14N4OS. The largest absolute Gasteiger partial charge is 0.320 e. The molecule has 2 atom stereocenters. The number of nitrogens with two attached hydrogens (primary N) is 1. The van der Waals surface area contributed by atoms with Gasteiger partial charge in [-0.05, 0) is 5.92 Å². The molecule has 1 rings (SSSR count). The van der Waals surface area contributed by atoms with Crippen molar-refractivity contribution in [2.45, 2.75) is 26.3 Å². The molecule has 0 saturated carbocycles. The van der Waals surface area contributed by atoms with Crippen molar-refractivity contribution in [3.05, 3.63) is 6.20 Å². The van der Waals surface area contributed by atoms with E-state index in [0.717, 1.165) is 18.0 Å². The molecule has 0 bridgehead atoms. The number of amides is 1. The molecule has 5 nitrogen and oxygen atoms in total. The van der Waals surface area contributed by atoms with Crippen LogP contribution in [-0.4, -0.2) is 21.5 Å². The predicted molar refractivity (Wildman–Crippen MR) is 56.0 cm³/mol. The van der Waals surface area contributed by atoms with E-state index in [1.165, 1.54) is 6.20 Å². The van der Waals surface area contributed by atoms with E-state index in [4.69, 9.17) is 5.73 Å². The topological polar surface area (TPSA) is 80.9 Å². The van der Waals surface area contributed by atoms with Crippen LogP contribution in [0.25, 0.3) is 0 Å². The van der Waals surface area contributed by atoms with Gasteiger partial charge in [0.05, 0.1) is 12.2 Å². The maximum atomic E-state index is 11.5. The fraction of sp³-hybridized carbons (Fsp3) is 0.625. The van der Waals surface area contributed by atoms with Crippen LogP contribution in [0.3, 0.4) is 0 Å². The molecule has 14 heavy (non-hydrogen) atoms. The number of carbonyl (C=O) groups is 1. The van der Waals surface area contributed by atoms with Gasteiger partial charge in [-0.25, -0.2) is 0 Å². The van der Waals surface area contributed by atoms with Crippen molar-refractivity contribution in [3.63, 3.8) is 0 Å². The molecule has 0 fully saturated rings. The summed E-state index contributed by atoms with van der Waals surface area (Å²) in [7, 11) is 0. The number of hydrogen-bond donors (Lipinski definition) is 2. The van der Waals surface area contributed by atoms with Crippen LogP contribution in [0.15, 0.2) is 6.20 Å². The zero-order valence-corrected chi connectivity index (χ0v) is 9.04. The molecule has 0 unspecified atom stereocenters. The van der Waals surface area contributed by atoms with Gasteiger partial charge < -0.3 is 11.1 Å². The SMILES string of the molecule is CC[C@H](C)[C@H](N)C(=O)Nc1cnns1. The van der Waals surface area contributed by atoms with Crippen molar-refractivity contribution in [2.75, 3.05) is 5.32 Å². The zero-order chi connectivity index (χ0) is 10.6. The number of nitrogens with one attached hydrogen (secondary N) is 1. The van der Waals surface area contributed by atoms with Crippen LogP contribution in [0.5, 0.6) is 0 Å². The highest BCUT2D eigenvalue weighted by atomic mass is 32.1. The van der Waals surface area contributed by atoms with Gasteiger partial charge in [0.25, 0.3) is 0 Å². The molecule has 1 aromatic heterocycles. The summed E-state index contributed by atoms with van der Waals surface area (Å²) >= 11 is 1.14. The Labute approximate surface area is 86.9 Å². The lowest BCUT2D eigenvalue weighted by Crippen LogP contribution is -2.40. The van der Waals surface area contributed by atoms with Crippen molar-refractivity contribution < 1.29 is 4.79 Å². The maximum Gasteiger partial charge on any atom is 0.242 e. The first-order chi connectivity index (χ1) is 6.65. The van der Waals surface area contributed by atoms with E-state index in [9.17, 15) is 4.79 Å². The van der Waals surface area contributed by atoms with Crippen molar-refractivity contribution >= 4 is 22.4 Å². The molecule has 1 aromatic rings. The Kier molecular flexibility index (Phi) is 3.97. The third-order valence-corrected chi connectivity index (χ3v) is 2.75. The summed E-state index contributed by atoms with van der Waals surface area (Å²) in [6, 6.07) is -0.470. The monoisotopic (exact) mass is 214 g/mol. The summed E-state index contributed by atoms with van der Waals surface area (Å²) in [4.78, 5) is 11.5. The second-order valence-electron chi connectivity index (χ2n) is 3.18. The minimum Gasteiger partial charge on any atom is -0.320 e. The first kappa shape index (κ1) is 11.1. The maximum absolute atomic E-state index is 11.5. The average molecular weight is 214 g/mol. The average Bonchev–Trinajstić information content (AvgIpc) is 2.68. The van der Waals surface area contributed by atoms with Gasteiger partial charge in [0.15, 0.2) is 0 Å². The van der Waals surface area contributed by atoms with Crippen molar-refractivity contribution in [3.8, 4) is 0 Å². The van der Waals surface area contributed by atoms with E-state index in [0.29, 0.717) is 5.00 Å². The Hall–Kier alpha value is -1.01. The summed E-state index contributed by atoms with van der Waals surface area (Å²) in [5.74, 6) is 0.00119. The van der Waals surface area contributed by atoms with Gasteiger partial charge in [0.1, 0.15) is 5.00 Å². The summed E-state index contributed by atoms with van der Waals surface area (Å²) in [6.45, 7) is 3.96. The standard InChI is InChI=1S/C8H14N4OS/c1-3-5(2)7(9)8(13)11-6-4-10-12-14-6/h4-5,7H,3,9H2,1-2H3,(H,11,13)/t5-,7-/m0/s1. The number of nitrogens with zero attached hydrogens (tertiary/aromatic N) is 2. The molecular weight excluding hydrogens is 200 g/mol. The summed E-state index contributed by atoms with van der Waals surface area (Å²) < 4.78 is 3.64. The second kappa shape index (κ2) is 5.02. The molecule has 1 heterocycles. The number of hydrogen-bond acceptors (Lipinski definition) is 5. The van der Waals surface area contributed by atoms with Gasteiger partial charge in [-0.3, -0.25) is 4.79 Å². The van der Waals surface area contributed by atoms with Gasteiger partial charge in [0, 0.05) is 11.5 Å². The first-order valence-electron chi connectivity index (χ1n) is 4.49. The van der Waals surface area contributed by atoms with Crippen LogP contribution in [0.2, 0.25) is 0 Å². The van der Waals surface area contributed by atoms with Crippen LogP contribution in [0.4, 0.5) is 5.00 Å². The van der Waals surface area contributed by atoms with Crippen LogP contribution >= 0.6 is 11.5 Å². The first-order valence-corrected chi connectivity index (χ1v) is 5.26. The van der Waals surface area contributed by atoms with Gasteiger partial charge in [-0.2, -0.15) is 0 Å². The van der Waals surface area contributed by atoms with Gasteiger partial charge in [0.2, 0.25) is 5.91 Å². The van der Waals surface area contributed by atoms with Gasteiger partial charge >= 0.3 is 0 Å². The Balaban J connectivity index is 2.50. The highest BCUT2D eigenvalue weighted by molar-refractivity contribution is 7.10. The molecule has 6 heteroatoms. The van der Waals surface area contributed by atoms with Gasteiger partial charge in [-0.15, -0.1) is 5.10 Å². The molecule has 0 spiro atoms.